The van der Waals surface area contributed by atoms with Crippen molar-refractivity contribution in [2.75, 3.05) is 13.2 Å². The average molecular weight is 231 g/mol. The van der Waals surface area contributed by atoms with Gasteiger partial charge in [-0.05, 0) is 26.8 Å². The van der Waals surface area contributed by atoms with E-state index in [2.05, 4.69) is 0 Å². The van der Waals surface area contributed by atoms with Crippen LogP contribution < -0.4 is 5.73 Å². The largest absolute Gasteiger partial charge is 0.463 e. The Balaban J connectivity index is 2.47. The molecule has 0 aromatic heterocycles. The highest BCUT2D eigenvalue weighted by Crippen LogP contribution is 2.28. The highest BCUT2D eigenvalue weighted by Gasteiger charge is 2.35. The first-order valence-electron chi connectivity index (χ1n) is 5.62. The Hall–Kier alpha value is -0.650. The van der Waals surface area contributed by atoms with Crippen LogP contribution in [0.15, 0.2) is 0 Å². The van der Waals surface area contributed by atoms with Crippen molar-refractivity contribution in [3.8, 4) is 0 Å². The fraction of sp³-hybridized carbons (Fsp3) is 0.909. The van der Waals surface area contributed by atoms with Gasteiger partial charge in [-0.3, -0.25) is 4.79 Å². The van der Waals surface area contributed by atoms with Gasteiger partial charge in [0.25, 0.3) is 0 Å². The number of carbonyl (C=O) groups is 1. The van der Waals surface area contributed by atoms with E-state index in [0.717, 1.165) is 6.42 Å². The van der Waals surface area contributed by atoms with Crippen molar-refractivity contribution in [2.24, 2.45) is 5.73 Å². The van der Waals surface area contributed by atoms with E-state index in [4.69, 9.17) is 19.9 Å². The summed E-state index contributed by atoms with van der Waals surface area (Å²) in [5.41, 5.74) is 5.51. The van der Waals surface area contributed by atoms with Crippen LogP contribution >= 0.6 is 0 Å². The van der Waals surface area contributed by atoms with E-state index in [0.29, 0.717) is 13.0 Å². The normalized spacial score (nSPS) is 28.8. The average Bonchev–Trinajstić information content (AvgIpc) is 2.12. The van der Waals surface area contributed by atoms with Gasteiger partial charge in [-0.1, -0.05) is 0 Å². The third kappa shape index (κ3) is 4.47. The fourth-order valence-corrected chi connectivity index (χ4v) is 1.90. The van der Waals surface area contributed by atoms with Crippen molar-refractivity contribution in [3.05, 3.63) is 0 Å². The molecule has 5 heteroatoms. The molecule has 5 nitrogen and oxygen atoms in total. The van der Waals surface area contributed by atoms with Crippen LogP contribution in [0.4, 0.5) is 0 Å². The second-order valence-corrected chi connectivity index (χ2v) is 4.50. The summed E-state index contributed by atoms with van der Waals surface area (Å²) in [5.74, 6) is -0.925. The van der Waals surface area contributed by atoms with Crippen molar-refractivity contribution in [1.82, 2.24) is 0 Å². The van der Waals surface area contributed by atoms with Crippen molar-refractivity contribution in [2.45, 2.75) is 51.6 Å². The Morgan fingerprint density at radius 1 is 1.44 bits per heavy atom. The lowest BCUT2D eigenvalue weighted by atomic mass is 10.1. The summed E-state index contributed by atoms with van der Waals surface area (Å²) < 4.78 is 16.3. The summed E-state index contributed by atoms with van der Waals surface area (Å²) in [5, 5.41) is 0. The molecule has 16 heavy (non-hydrogen) atoms. The second-order valence-electron chi connectivity index (χ2n) is 4.50. The quantitative estimate of drug-likeness (QED) is 0.725. The van der Waals surface area contributed by atoms with Gasteiger partial charge in [0.2, 0.25) is 0 Å². The van der Waals surface area contributed by atoms with Crippen LogP contribution in [0.2, 0.25) is 0 Å². The molecule has 1 heterocycles. The molecule has 0 saturated carbocycles. The van der Waals surface area contributed by atoms with Crippen LogP contribution in [0.1, 0.15) is 33.6 Å². The molecular formula is C11H21NO4. The molecule has 0 spiro atoms. The van der Waals surface area contributed by atoms with Crippen LogP contribution in [-0.2, 0) is 19.0 Å². The van der Waals surface area contributed by atoms with Gasteiger partial charge < -0.3 is 19.9 Å². The number of esters is 1. The molecule has 0 radical (unpaired) electrons. The zero-order chi connectivity index (χ0) is 12.2. The maximum atomic E-state index is 10.7. The molecule has 2 N–H and O–H groups in total. The lowest BCUT2D eigenvalue weighted by Crippen LogP contribution is -2.46. The van der Waals surface area contributed by atoms with E-state index >= 15 is 0 Å². The third-order valence-corrected chi connectivity index (χ3v) is 2.39. The lowest BCUT2D eigenvalue weighted by Gasteiger charge is -2.40. The minimum Gasteiger partial charge on any atom is -0.463 e. The number of nitrogens with two attached hydrogens (primary N) is 1. The number of hydrogen-bond donors (Lipinski definition) is 1. The van der Waals surface area contributed by atoms with Crippen LogP contribution in [0.3, 0.4) is 0 Å². The van der Waals surface area contributed by atoms with Gasteiger partial charge in [0.15, 0.2) is 5.79 Å². The van der Waals surface area contributed by atoms with Crippen LogP contribution in [0.5, 0.6) is 0 Å². The molecule has 1 saturated heterocycles. The maximum absolute atomic E-state index is 10.7. The molecule has 0 bridgehead atoms. The molecule has 0 amide bonds. The summed E-state index contributed by atoms with van der Waals surface area (Å²) in [6.45, 7) is 5.97. The summed E-state index contributed by atoms with van der Waals surface area (Å²) >= 11 is 0. The van der Waals surface area contributed by atoms with Gasteiger partial charge in [0.05, 0.1) is 12.2 Å². The van der Waals surface area contributed by atoms with E-state index in [-0.39, 0.29) is 24.8 Å². The second kappa shape index (κ2) is 5.61. The van der Waals surface area contributed by atoms with Crippen LogP contribution in [-0.4, -0.2) is 37.1 Å². The predicted octanol–water partition coefficient (Wildman–Crippen LogP) is 0.808. The Morgan fingerprint density at radius 3 is 2.62 bits per heavy atom. The first-order chi connectivity index (χ1) is 7.43. The molecule has 0 aromatic carbocycles. The number of carbonyl (C=O) groups excluding carboxylic acids is 1. The lowest BCUT2D eigenvalue weighted by molar-refractivity contribution is -0.304. The Kier molecular flexibility index (Phi) is 4.70. The minimum atomic E-state index is -0.636. The SMILES string of the molecule is CC(=O)OCC1CC(CCN)OC(C)(C)O1. The van der Waals surface area contributed by atoms with Crippen LogP contribution in [0, 0.1) is 0 Å². The Morgan fingerprint density at radius 2 is 2.06 bits per heavy atom. The number of ether oxygens (including phenoxy) is 3. The smallest absolute Gasteiger partial charge is 0.302 e. The highest BCUT2D eigenvalue weighted by molar-refractivity contribution is 5.65. The summed E-state index contributed by atoms with van der Waals surface area (Å²) in [6.07, 6.45) is 1.48. The molecule has 0 aromatic rings. The van der Waals surface area contributed by atoms with E-state index in [1.807, 2.05) is 13.8 Å². The van der Waals surface area contributed by atoms with E-state index in [9.17, 15) is 4.79 Å². The first-order valence-corrected chi connectivity index (χ1v) is 5.62. The van der Waals surface area contributed by atoms with Gasteiger partial charge in [-0.2, -0.15) is 0 Å². The van der Waals surface area contributed by atoms with Gasteiger partial charge in [0, 0.05) is 13.3 Å². The maximum Gasteiger partial charge on any atom is 0.302 e. The monoisotopic (exact) mass is 231 g/mol. The standard InChI is InChI=1S/C11H21NO4/c1-8(13)14-7-10-6-9(4-5-12)15-11(2,3)16-10/h9-10H,4-7,12H2,1-3H3. The zero-order valence-corrected chi connectivity index (χ0v) is 10.2. The summed E-state index contributed by atoms with van der Waals surface area (Å²) in [4.78, 5) is 10.7. The Bertz CT molecular complexity index is 242. The summed E-state index contributed by atoms with van der Waals surface area (Å²) in [7, 11) is 0. The first kappa shape index (κ1) is 13.4. The summed E-state index contributed by atoms with van der Waals surface area (Å²) in [6, 6.07) is 0. The minimum absolute atomic E-state index is 0.0781. The molecule has 1 aliphatic rings. The zero-order valence-electron chi connectivity index (χ0n) is 10.2. The predicted molar refractivity (Wildman–Crippen MR) is 58.7 cm³/mol. The molecule has 1 rings (SSSR count). The van der Waals surface area contributed by atoms with Crippen LogP contribution in [0.25, 0.3) is 0 Å². The molecular weight excluding hydrogens is 210 g/mol. The topological polar surface area (TPSA) is 70.8 Å². The molecule has 1 fully saturated rings. The van der Waals surface area contributed by atoms with Gasteiger partial charge in [-0.25, -0.2) is 0 Å². The Labute approximate surface area is 96.2 Å². The molecule has 1 aliphatic heterocycles. The van der Waals surface area contributed by atoms with E-state index in [1.54, 1.807) is 0 Å². The molecule has 0 aliphatic carbocycles. The van der Waals surface area contributed by atoms with Crippen molar-refractivity contribution >= 4 is 5.97 Å². The van der Waals surface area contributed by atoms with Gasteiger partial charge in [-0.15, -0.1) is 0 Å². The fourth-order valence-electron chi connectivity index (χ4n) is 1.90. The van der Waals surface area contributed by atoms with E-state index < -0.39 is 5.79 Å². The number of rotatable bonds is 4. The van der Waals surface area contributed by atoms with Crippen molar-refractivity contribution in [1.29, 1.82) is 0 Å². The highest BCUT2D eigenvalue weighted by atomic mass is 16.7. The van der Waals surface area contributed by atoms with Crippen molar-refractivity contribution in [3.63, 3.8) is 0 Å². The third-order valence-electron chi connectivity index (χ3n) is 2.39. The van der Waals surface area contributed by atoms with Gasteiger partial charge >= 0.3 is 5.97 Å². The molecule has 2 atom stereocenters. The molecule has 2 unspecified atom stereocenters. The number of hydrogen-bond acceptors (Lipinski definition) is 5. The van der Waals surface area contributed by atoms with Gasteiger partial charge in [0.1, 0.15) is 6.61 Å². The van der Waals surface area contributed by atoms with Crippen molar-refractivity contribution < 1.29 is 19.0 Å². The van der Waals surface area contributed by atoms with E-state index in [1.165, 1.54) is 6.92 Å². The molecule has 94 valence electrons.